The van der Waals surface area contributed by atoms with Gasteiger partial charge in [0.25, 0.3) is 11.8 Å². The Hall–Kier alpha value is -3.67. The highest BCUT2D eigenvalue weighted by Gasteiger charge is 2.35. The first-order chi connectivity index (χ1) is 15.6. The van der Waals surface area contributed by atoms with Gasteiger partial charge < -0.3 is 19.4 Å². The fourth-order valence-corrected chi connectivity index (χ4v) is 3.50. The molecule has 2 amide bonds. The highest BCUT2D eigenvalue weighted by atomic mass is 35.5. The molecule has 33 heavy (non-hydrogen) atoms. The summed E-state index contributed by atoms with van der Waals surface area (Å²) in [6.07, 6.45) is 0.523. The summed E-state index contributed by atoms with van der Waals surface area (Å²) < 4.78 is 46.7. The Balaban J connectivity index is 1.52. The average Bonchev–Trinajstić information content (AvgIpc) is 3.41. The fourth-order valence-electron chi connectivity index (χ4n) is 3.27. The molecule has 13 heteroatoms. The van der Waals surface area contributed by atoms with Gasteiger partial charge in [0.15, 0.2) is 13.0 Å². The molecule has 9 nitrogen and oxygen atoms in total. The third-order valence-corrected chi connectivity index (χ3v) is 5.19. The number of pyridine rings is 2. The van der Waals surface area contributed by atoms with Crippen molar-refractivity contribution in [3.63, 3.8) is 0 Å². The number of amides is 2. The highest BCUT2D eigenvalue weighted by molar-refractivity contribution is 6.31. The van der Waals surface area contributed by atoms with Crippen LogP contribution in [-0.2, 0) is 6.54 Å². The van der Waals surface area contributed by atoms with Crippen LogP contribution < -0.4 is 10.1 Å². The molecule has 0 saturated heterocycles. The van der Waals surface area contributed by atoms with E-state index in [1.54, 1.807) is 6.92 Å². The standard InChI is InChI=1S/C20H15ClF3N5O4/c1-10(11-4-14(21)18(27-5-11)32-8-20(22,23)24)29-7-13-12(19(29)31)2-3-26-16(13)28-17(30)15-6-25-9-33-15/h2-6,9-10H,7-8H2,1H3,(H,26,28,30). The summed E-state index contributed by atoms with van der Waals surface area (Å²) in [5.41, 5.74) is 1.35. The van der Waals surface area contributed by atoms with E-state index >= 15 is 0 Å². The molecule has 1 unspecified atom stereocenters. The number of alkyl halides is 3. The SMILES string of the molecule is CC(c1cnc(OCC(F)(F)F)c(Cl)c1)N1Cc2c(ccnc2NC(=O)c2cnco2)C1=O. The van der Waals surface area contributed by atoms with Crippen LogP contribution in [0.4, 0.5) is 19.0 Å². The van der Waals surface area contributed by atoms with Gasteiger partial charge in [0, 0.05) is 23.5 Å². The van der Waals surface area contributed by atoms with Crippen LogP contribution in [0, 0.1) is 0 Å². The third kappa shape index (κ3) is 4.75. The maximum absolute atomic E-state index is 13.0. The number of nitrogens with one attached hydrogen (secondary N) is 1. The lowest BCUT2D eigenvalue weighted by Crippen LogP contribution is -2.27. The van der Waals surface area contributed by atoms with E-state index in [0.29, 0.717) is 16.7 Å². The second-order valence-electron chi connectivity index (χ2n) is 7.07. The zero-order valence-corrected chi connectivity index (χ0v) is 17.6. The van der Waals surface area contributed by atoms with Gasteiger partial charge in [0.05, 0.1) is 18.8 Å². The van der Waals surface area contributed by atoms with Crippen LogP contribution in [0.2, 0.25) is 5.02 Å². The summed E-state index contributed by atoms with van der Waals surface area (Å²) in [4.78, 5) is 38.5. The molecule has 0 aliphatic carbocycles. The van der Waals surface area contributed by atoms with E-state index in [-0.39, 0.29) is 34.9 Å². The zero-order chi connectivity index (χ0) is 23.8. The Labute approximate surface area is 189 Å². The molecule has 1 atom stereocenters. The van der Waals surface area contributed by atoms with E-state index in [1.165, 1.54) is 35.6 Å². The van der Waals surface area contributed by atoms with Gasteiger partial charge in [-0.3, -0.25) is 9.59 Å². The molecule has 1 aliphatic rings. The summed E-state index contributed by atoms with van der Waals surface area (Å²) in [7, 11) is 0. The minimum Gasteiger partial charge on any atom is -0.467 e. The van der Waals surface area contributed by atoms with Gasteiger partial charge in [-0.1, -0.05) is 11.6 Å². The predicted octanol–water partition coefficient (Wildman–Crippen LogP) is 4.03. The summed E-state index contributed by atoms with van der Waals surface area (Å²) in [6.45, 7) is 0.316. The van der Waals surface area contributed by atoms with Crippen molar-refractivity contribution in [1.82, 2.24) is 19.9 Å². The lowest BCUT2D eigenvalue weighted by molar-refractivity contribution is -0.154. The maximum Gasteiger partial charge on any atom is 0.422 e. The van der Waals surface area contributed by atoms with Gasteiger partial charge in [-0.05, 0) is 24.6 Å². The van der Waals surface area contributed by atoms with Crippen molar-refractivity contribution in [3.8, 4) is 5.88 Å². The molecule has 0 aromatic carbocycles. The van der Waals surface area contributed by atoms with Crippen molar-refractivity contribution in [2.45, 2.75) is 25.7 Å². The Bertz CT molecular complexity index is 1200. The molecule has 0 spiro atoms. The normalized spacial score (nSPS) is 14.2. The summed E-state index contributed by atoms with van der Waals surface area (Å²) in [5.74, 6) is -1.06. The molecule has 3 aromatic heterocycles. The molecule has 0 bridgehead atoms. The number of rotatable bonds is 6. The Morgan fingerprint density at radius 2 is 2.15 bits per heavy atom. The third-order valence-electron chi connectivity index (χ3n) is 4.91. The van der Waals surface area contributed by atoms with E-state index in [9.17, 15) is 22.8 Å². The number of fused-ring (bicyclic) bond motifs is 1. The molecule has 1 N–H and O–H groups in total. The van der Waals surface area contributed by atoms with Crippen molar-refractivity contribution in [2.24, 2.45) is 0 Å². The first-order valence-electron chi connectivity index (χ1n) is 9.47. The van der Waals surface area contributed by atoms with E-state index in [2.05, 4.69) is 25.0 Å². The number of carbonyl (C=O) groups is 2. The molecule has 3 aromatic rings. The number of aromatic nitrogens is 3. The first-order valence-corrected chi connectivity index (χ1v) is 9.85. The fraction of sp³-hybridized carbons (Fsp3) is 0.250. The Morgan fingerprint density at radius 3 is 2.82 bits per heavy atom. The maximum atomic E-state index is 13.0. The smallest absolute Gasteiger partial charge is 0.422 e. The Kier molecular flexibility index (Phi) is 5.93. The van der Waals surface area contributed by atoms with Crippen LogP contribution in [0.1, 0.15) is 45.0 Å². The number of hydrogen-bond acceptors (Lipinski definition) is 7. The molecule has 0 fully saturated rings. The molecule has 4 rings (SSSR count). The van der Waals surface area contributed by atoms with Crippen molar-refractivity contribution in [1.29, 1.82) is 0 Å². The van der Waals surface area contributed by atoms with Crippen LogP contribution in [0.5, 0.6) is 5.88 Å². The van der Waals surface area contributed by atoms with Crippen LogP contribution in [0.15, 0.2) is 41.5 Å². The molecule has 0 radical (unpaired) electrons. The van der Waals surface area contributed by atoms with Crippen LogP contribution in [0.3, 0.4) is 0 Å². The van der Waals surface area contributed by atoms with Crippen molar-refractivity contribution < 1.29 is 31.9 Å². The monoisotopic (exact) mass is 481 g/mol. The van der Waals surface area contributed by atoms with E-state index in [1.807, 2.05) is 0 Å². The predicted molar refractivity (Wildman–Crippen MR) is 108 cm³/mol. The van der Waals surface area contributed by atoms with Gasteiger partial charge in [0.2, 0.25) is 11.6 Å². The average molecular weight is 482 g/mol. The number of anilines is 1. The van der Waals surface area contributed by atoms with Gasteiger partial charge >= 0.3 is 6.18 Å². The number of hydrogen-bond donors (Lipinski definition) is 1. The minimum absolute atomic E-state index is 0.0162. The number of nitrogens with zero attached hydrogens (tertiary/aromatic N) is 4. The lowest BCUT2D eigenvalue weighted by Gasteiger charge is -2.25. The molecule has 172 valence electrons. The number of halogens is 4. The zero-order valence-electron chi connectivity index (χ0n) is 16.9. The highest BCUT2D eigenvalue weighted by Crippen LogP contribution is 2.35. The number of oxazole rings is 1. The molecular formula is C20H15ClF3N5O4. The van der Waals surface area contributed by atoms with Crippen molar-refractivity contribution in [2.75, 3.05) is 11.9 Å². The molecule has 1 aliphatic heterocycles. The number of ether oxygens (including phenoxy) is 1. The van der Waals surface area contributed by atoms with E-state index < -0.39 is 24.7 Å². The molecular weight excluding hydrogens is 467 g/mol. The van der Waals surface area contributed by atoms with Crippen LogP contribution in [-0.4, -0.2) is 44.4 Å². The molecule has 4 heterocycles. The first kappa shape index (κ1) is 22.5. The summed E-state index contributed by atoms with van der Waals surface area (Å²) >= 11 is 6.04. The van der Waals surface area contributed by atoms with Crippen LogP contribution in [0.25, 0.3) is 0 Å². The second kappa shape index (κ2) is 8.70. The second-order valence-corrected chi connectivity index (χ2v) is 7.48. The Morgan fingerprint density at radius 1 is 1.36 bits per heavy atom. The lowest BCUT2D eigenvalue weighted by atomic mass is 10.1. The summed E-state index contributed by atoms with van der Waals surface area (Å²) in [5, 5.41) is 2.49. The number of carbonyl (C=O) groups excluding carboxylic acids is 2. The van der Waals surface area contributed by atoms with E-state index in [0.717, 1.165) is 6.39 Å². The van der Waals surface area contributed by atoms with Gasteiger partial charge in [0.1, 0.15) is 10.8 Å². The molecule has 0 saturated carbocycles. The van der Waals surface area contributed by atoms with Crippen LogP contribution >= 0.6 is 11.6 Å². The topological polar surface area (TPSA) is 110 Å². The summed E-state index contributed by atoms with van der Waals surface area (Å²) in [6, 6.07) is 2.39. The largest absolute Gasteiger partial charge is 0.467 e. The van der Waals surface area contributed by atoms with Crippen molar-refractivity contribution in [3.05, 3.63) is 64.6 Å². The van der Waals surface area contributed by atoms with Crippen molar-refractivity contribution >= 4 is 29.2 Å². The minimum atomic E-state index is -4.53. The van der Waals surface area contributed by atoms with Gasteiger partial charge in [-0.2, -0.15) is 13.2 Å². The van der Waals surface area contributed by atoms with Gasteiger partial charge in [-0.25, -0.2) is 15.0 Å². The van der Waals surface area contributed by atoms with Gasteiger partial charge in [-0.15, -0.1) is 0 Å². The quantitative estimate of drug-likeness (QED) is 0.566. The van der Waals surface area contributed by atoms with E-state index in [4.69, 9.17) is 16.0 Å².